The molecule has 0 bridgehead atoms. The van der Waals surface area contributed by atoms with Gasteiger partial charge in [0.25, 0.3) is 10.0 Å². The average Bonchev–Trinajstić information content (AvgIpc) is 2.89. The Bertz CT molecular complexity index is 983. The average molecular weight is 380 g/mol. The standard InChI is InChI=1S/C15H14ClN5O3S/c1-9-15(10(2)24-20-9)25(22,23)21-14-7-6-13(18-19-14)17-12-5-3-4-11(16)8-12/h3-8H,1-2H3,(H,17,18)(H,19,21). The Labute approximate surface area is 149 Å². The first-order valence-corrected chi connectivity index (χ1v) is 9.03. The van der Waals surface area contributed by atoms with E-state index in [4.69, 9.17) is 16.1 Å². The zero-order chi connectivity index (χ0) is 18.0. The van der Waals surface area contributed by atoms with E-state index in [1.54, 1.807) is 31.2 Å². The van der Waals surface area contributed by atoms with Gasteiger partial charge in [-0.1, -0.05) is 22.8 Å². The Morgan fingerprint density at radius 2 is 1.80 bits per heavy atom. The van der Waals surface area contributed by atoms with E-state index in [0.717, 1.165) is 5.69 Å². The van der Waals surface area contributed by atoms with Gasteiger partial charge in [0.05, 0.1) is 0 Å². The summed E-state index contributed by atoms with van der Waals surface area (Å²) in [6.07, 6.45) is 0. The van der Waals surface area contributed by atoms with Gasteiger partial charge in [-0.05, 0) is 44.2 Å². The van der Waals surface area contributed by atoms with Crippen LogP contribution in [0.2, 0.25) is 5.02 Å². The molecule has 2 N–H and O–H groups in total. The molecule has 0 amide bonds. The van der Waals surface area contributed by atoms with E-state index in [2.05, 4.69) is 25.4 Å². The number of hydrogen-bond acceptors (Lipinski definition) is 7. The maximum absolute atomic E-state index is 12.4. The molecule has 0 saturated heterocycles. The van der Waals surface area contributed by atoms with Crippen molar-refractivity contribution in [1.29, 1.82) is 0 Å². The van der Waals surface area contributed by atoms with Crippen molar-refractivity contribution in [2.24, 2.45) is 0 Å². The molecular weight excluding hydrogens is 366 g/mol. The first-order valence-electron chi connectivity index (χ1n) is 7.17. The zero-order valence-corrected chi connectivity index (χ0v) is 14.9. The molecule has 1 aromatic carbocycles. The largest absolute Gasteiger partial charge is 0.360 e. The Morgan fingerprint density at radius 3 is 2.40 bits per heavy atom. The van der Waals surface area contributed by atoms with Gasteiger partial charge in [-0.2, -0.15) is 0 Å². The Kier molecular flexibility index (Phi) is 4.60. The monoisotopic (exact) mass is 379 g/mol. The van der Waals surface area contributed by atoms with Crippen LogP contribution in [0.25, 0.3) is 0 Å². The van der Waals surface area contributed by atoms with Crippen molar-refractivity contribution >= 4 is 38.9 Å². The molecular formula is C15H14ClN5O3S. The number of anilines is 3. The van der Waals surface area contributed by atoms with Crippen molar-refractivity contribution in [1.82, 2.24) is 15.4 Å². The molecule has 0 fully saturated rings. The lowest BCUT2D eigenvalue weighted by molar-refractivity contribution is 0.390. The molecule has 2 heterocycles. The number of hydrogen-bond donors (Lipinski definition) is 2. The van der Waals surface area contributed by atoms with Crippen molar-refractivity contribution in [2.75, 3.05) is 10.0 Å². The normalized spacial score (nSPS) is 11.3. The van der Waals surface area contributed by atoms with Crippen LogP contribution in [0.3, 0.4) is 0 Å². The first-order chi connectivity index (χ1) is 11.8. The molecule has 0 unspecified atom stereocenters. The summed E-state index contributed by atoms with van der Waals surface area (Å²) < 4.78 is 32.1. The number of sulfonamides is 1. The van der Waals surface area contributed by atoms with Crippen molar-refractivity contribution in [3.63, 3.8) is 0 Å². The number of aryl methyl sites for hydroxylation is 2. The van der Waals surface area contributed by atoms with Gasteiger partial charge in [-0.15, -0.1) is 10.2 Å². The van der Waals surface area contributed by atoms with Crippen molar-refractivity contribution in [2.45, 2.75) is 18.7 Å². The predicted octanol–water partition coefficient (Wildman–Crippen LogP) is 3.28. The lowest BCUT2D eigenvalue weighted by atomic mass is 10.3. The van der Waals surface area contributed by atoms with Crippen molar-refractivity contribution < 1.29 is 12.9 Å². The molecule has 3 aromatic rings. The summed E-state index contributed by atoms with van der Waals surface area (Å²) >= 11 is 5.92. The molecule has 0 atom stereocenters. The smallest absolute Gasteiger partial charge is 0.268 e. The zero-order valence-electron chi connectivity index (χ0n) is 13.3. The number of rotatable bonds is 5. The molecule has 8 nitrogen and oxygen atoms in total. The number of halogens is 1. The minimum Gasteiger partial charge on any atom is -0.360 e. The van der Waals surface area contributed by atoms with E-state index in [9.17, 15) is 8.42 Å². The fourth-order valence-corrected chi connectivity index (χ4v) is 3.73. The van der Waals surface area contributed by atoms with Crippen molar-refractivity contribution in [3.8, 4) is 0 Å². The van der Waals surface area contributed by atoms with Crippen LogP contribution in [0.4, 0.5) is 17.3 Å². The highest BCUT2D eigenvalue weighted by Crippen LogP contribution is 2.22. The second kappa shape index (κ2) is 6.69. The summed E-state index contributed by atoms with van der Waals surface area (Å²) in [7, 11) is -3.86. The quantitative estimate of drug-likeness (QED) is 0.699. The molecule has 3 rings (SSSR count). The summed E-state index contributed by atoms with van der Waals surface area (Å²) in [6.45, 7) is 3.08. The van der Waals surface area contributed by atoms with E-state index in [-0.39, 0.29) is 22.2 Å². The first kappa shape index (κ1) is 17.2. The van der Waals surface area contributed by atoms with Gasteiger partial charge in [0.2, 0.25) is 0 Å². The summed E-state index contributed by atoms with van der Waals surface area (Å²) in [5, 5.41) is 15.1. The van der Waals surface area contributed by atoms with Crippen LogP contribution < -0.4 is 10.0 Å². The third-order valence-electron chi connectivity index (χ3n) is 3.24. The molecule has 0 saturated carbocycles. The fraction of sp³-hybridized carbons (Fsp3) is 0.133. The summed E-state index contributed by atoms with van der Waals surface area (Å²) in [6, 6.07) is 10.2. The third kappa shape index (κ3) is 3.89. The molecule has 2 aromatic heterocycles. The number of nitrogens with zero attached hydrogens (tertiary/aromatic N) is 3. The van der Waals surface area contributed by atoms with E-state index in [0.29, 0.717) is 10.8 Å². The summed E-state index contributed by atoms with van der Waals surface area (Å²) in [5.74, 6) is 0.733. The summed E-state index contributed by atoms with van der Waals surface area (Å²) in [4.78, 5) is -0.00423. The maximum atomic E-state index is 12.4. The Hall–Kier alpha value is -2.65. The second-order valence-corrected chi connectivity index (χ2v) is 7.25. The number of nitrogens with one attached hydrogen (secondary N) is 2. The minimum atomic E-state index is -3.86. The topological polar surface area (TPSA) is 110 Å². The van der Waals surface area contributed by atoms with Crippen LogP contribution in [-0.4, -0.2) is 23.8 Å². The van der Waals surface area contributed by atoms with Crippen LogP contribution in [0, 0.1) is 13.8 Å². The fourth-order valence-electron chi connectivity index (χ4n) is 2.21. The lowest BCUT2D eigenvalue weighted by Crippen LogP contribution is -2.15. The Morgan fingerprint density at radius 1 is 1.08 bits per heavy atom. The lowest BCUT2D eigenvalue weighted by Gasteiger charge is -2.08. The molecule has 0 aliphatic rings. The predicted molar refractivity (Wildman–Crippen MR) is 93.6 cm³/mol. The van der Waals surface area contributed by atoms with Crippen molar-refractivity contribution in [3.05, 3.63) is 52.9 Å². The molecule has 0 aliphatic carbocycles. The highest BCUT2D eigenvalue weighted by molar-refractivity contribution is 7.92. The molecule has 130 valence electrons. The SMILES string of the molecule is Cc1noc(C)c1S(=O)(=O)Nc1ccc(Nc2cccc(Cl)c2)nn1. The van der Waals surface area contributed by atoms with E-state index in [1.165, 1.54) is 13.0 Å². The number of benzene rings is 1. The molecule has 0 radical (unpaired) electrons. The third-order valence-corrected chi connectivity index (χ3v) is 5.07. The Balaban J connectivity index is 1.77. The molecule has 10 heteroatoms. The van der Waals surface area contributed by atoms with E-state index in [1.807, 2.05) is 6.07 Å². The maximum Gasteiger partial charge on any atom is 0.268 e. The van der Waals surface area contributed by atoms with Gasteiger partial charge < -0.3 is 9.84 Å². The van der Waals surface area contributed by atoms with Gasteiger partial charge in [-0.25, -0.2) is 8.42 Å². The van der Waals surface area contributed by atoms with Gasteiger partial charge in [-0.3, -0.25) is 4.72 Å². The highest BCUT2D eigenvalue weighted by atomic mass is 35.5. The van der Waals surface area contributed by atoms with Crippen LogP contribution in [0.1, 0.15) is 11.5 Å². The van der Waals surface area contributed by atoms with Crippen LogP contribution >= 0.6 is 11.6 Å². The molecule has 0 spiro atoms. The summed E-state index contributed by atoms with van der Waals surface area (Å²) in [5.41, 5.74) is 1.02. The van der Waals surface area contributed by atoms with Gasteiger partial charge in [0, 0.05) is 10.7 Å². The van der Waals surface area contributed by atoms with E-state index < -0.39 is 10.0 Å². The highest BCUT2D eigenvalue weighted by Gasteiger charge is 2.24. The van der Waals surface area contributed by atoms with Gasteiger partial charge in [0.1, 0.15) is 5.69 Å². The van der Waals surface area contributed by atoms with Gasteiger partial charge in [0.15, 0.2) is 22.3 Å². The molecule has 0 aliphatic heterocycles. The van der Waals surface area contributed by atoms with Crippen LogP contribution in [0.5, 0.6) is 0 Å². The van der Waals surface area contributed by atoms with Crippen LogP contribution in [0.15, 0.2) is 45.8 Å². The van der Waals surface area contributed by atoms with Crippen LogP contribution in [-0.2, 0) is 10.0 Å². The van der Waals surface area contributed by atoms with Gasteiger partial charge >= 0.3 is 0 Å². The molecule has 25 heavy (non-hydrogen) atoms. The van der Waals surface area contributed by atoms with E-state index >= 15 is 0 Å². The minimum absolute atomic E-state index is 0.00423. The second-order valence-electron chi connectivity index (χ2n) is 5.20. The number of aromatic nitrogens is 3.